The van der Waals surface area contributed by atoms with E-state index in [0.29, 0.717) is 0 Å². The first-order valence-corrected chi connectivity index (χ1v) is 6.44. The summed E-state index contributed by atoms with van der Waals surface area (Å²) < 4.78 is 2.25. The molecule has 3 aromatic rings. The summed E-state index contributed by atoms with van der Waals surface area (Å²) in [6.07, 6.45) is 3.54. The molecule has 98 valence electrons. The summed E-state index contributed by atoms with van der Waals surface area (Å²) in [7, 11) is 0. The van der Waals surface area contributed by atoms with Crippen LogP contribution in [0.25, 0.3) is 11.0 Å². The lowest BCUT2D eigenvalue weighted by Gasteiger charge is -2.07. The molecule has 0 aliphatic rings. The zero-order valence-corrected chi connectivity index (χ0v) is 10.9. The highest BCUT2D eigenvalue weighted by Gasteiger charge is 2.05. The van der Waals surface area contributed by atoms with Crippen LogP contribution in [0, 0.1) is 6.92 Å². The molecule has 0 atom stereocenters. The number of aromatic amines is 1. The van der Waals surface area contributed by atoms with E-state index in [-0.39, 0.29) is 0 Å². The quantitative estimate of drug-likeness (QED) is 0.684. The summed E-state index contributed by atoms with van der Waals surface area (Å²) in [5.41, 5.74) is 3.36. The standard InChI is InChI=1S/C14H17N5/c1-11-18-13-4-2-3-5-14(13)19(11)7-6-15-8-12-9-16-10-17-12/h2-5,9-10,15H,6-8H2,1H3,(H,16,17). The second-order valence-electron chi connectivity index (χ2n) is 4.55. The molecule has 0 fully saturated rings. The fraction of sp³-hybridized carbons (Fsp3) is 0.286. The van der Waals surface area contributed by atoms with E-state index >= 15 is 0 Å². The Hall–Kier alpha value is -2.14. The van der Waals surface area contributed by atoms with Crippen molar-refractivity contribution in [2.75, 3.05) is 6.54 Å². The van der Waals surface area contributed by atoms with Crippen molar-refractivity contribution in [2.24, 2.45) is 0 Å². The first-order chi connectivity index (χ1) is 9.34. The number of hydrogen-bond donors (Lipinski definition) is 2. The Morgan fingerprint density at radius 1 is 1.32 bits per heavy atom. The number of nitrogens with one attached hydrogen (secondary N) is 2. The van der Waals surface area contributed by atoms with E-state index in [2.05, 4.69) is 50.0 Å². The fourth-order valence-electron chi connectivity index (χ4n) is 2.27. The Morgan fingerprint density at radius 3 is 3.05 bits per heavy atom. The van der Waals surface area contributed by atoms with Gasteiger partial charge in [0.1, 0.15) is 5.82 Å². The number of fused-ring (bicyclic) bond motifs is 1. The van der Waals surface area contributed by atoms with Gasteiger partial charge in [-0.2, -0.15) is 0 Å². The van der Waals surface area contributed by atoms with Gasteiger partial charge in [0.15, 0.2) is 0 Å². The minimum absolute atomic E-state index is 0.811. The normalized spacial score (nSPS) is 11.2. The van der Waals surface area contributed by atoms with Crippen molar-refractivity contribution in [1.29, 1.82) is 0 Å². The van der Waals surface area contributed by atoms with Crippen molar-refractivity contribution in [3.8, 4) is 0 Å². The maximum absolute atomic E-state index is 4.56. The van der Waals surface area contributed by atoms with Gasteiger partial charge in [0.2, 0.25) is 0 Å². The van der Waals surface area contributed by atoms with Gasteiger partial charge >= 0.3 is 0 Å². The summed E-state index contributed by atoms with van der Waals surface area (Å²) in [5, 5.41) is 3.40. The van der Waals surface area contributed by atoms with E-state index in [1.54, 1.807) is 6.33 Å². The van der Waals surface area contributed by atoms with Crippen LogP contribution in [-0.4, -0.2) is 26.1 Å². The minimum Gasteiger partial charge on any atom is -0.347 e. The van der Waals surface area contributed by atoms with Gasteiger partial charge in [-0.05, 0) is 19.1 Å². The van der Waals surface area contributed by atoms with Gasteiger partial charge in [-0.1, -0.05) is 12.1 Å². The highest BCUT2D eigenvalue weighted by Crippen LogP contribution is 2.14. The van der Waals surface area contributed by atoms with Crippen molar-refractivity contribution < 1.29 is 0 Å². The molecule has 0 spiro atoms. The highest BCUT2D eigenvalue weighted by atomic mass is 15.1. The number of hydrogen-bond acceptors (Lipinski definition) is 3. The molecule has 19 heavy (non-hydrogen) atoms. The Bertz CT molecular complexity index is 654. The first-order valence-electron chi connectivity index (χ1n) is 6.44. The fourth-order valence-corrected chi connectivity index (χ4v) is 2.27. The van der Waals surface area contributed by atoms with Gasteiger partial charge in [0, 0.05) is 31.5 Å². The highest BCUT2D eigenvalue weighted by molar-refractivity contribution is 5.75. The lowest BCUT2D eigenvalue weighted by molar-refractivity contribution is 0.593. The van der Waals surface area contributed by atoms with Crippen LogP contribution in [0.1, 0.15) is 11.5 Å². The van der Waals surface area contributed by atoms with Crippen molar-refractivity contribution >= 4 is 11.0 Å². The Kier molecular flexibility index (Phi) is 3.29. The van der Waals surface area contributed by atoms with Crippen LogP contribution in [0.15, 0.2) is 36.8 Å². The maximum atomic E-state index is 4.56. The molecule has 2 N–H and O–H groups in total. The lowest BCUT2D eigenvalue weighted by atomic mass is 10.3. The van der Waals surface area contributed by atoms with E-state index in [9.17, 15) is 0 Å². The maximum Gasteiger partial charge on any atom is 0.106 e. The largest absolute Gasteiger partial charge is 0.347 e. The molecule has 0 unspecified atom stereocenters. The third-order valence-electron chi connectivity index (χ3n) is 3.23. The van der Waals surface area contributed by atoms with Crippen LogP contribution in [0.2, 0.25) is 0 Å². The SMILES string of the molecule is Cc1nc2ccccc2n1CCNCc1cnc[nH]1. The van der Waals surface area contributed by atoms with Crippen molar-refractivity contribution in [2.45, 2.75) is 20.0 Å². The molecule has 0 saturated heterocycles. The van der Waals surface area contributed by atoms with E-state index < -0.39 is 0 Å². The molecule has 0 saturated carbocycles. The first kappa shape index (κ1) is 11.9. The van der Waals surface area contributed by atoms with Gasteiger partial charge in [0.25, 0.3) is 0 Å². The second-order valence-corrected chi connectivity index (χ2v) is 4.55. The molecule has 0 aliphatic heterocycles. The summed E-state index contributed by atoms with van der Waals surface area (Å²) in [6, 6.07) is 8.24. The molecule has 0 aliphatic carbocycles. The number of aryl methyl sites for hydroxylation is 1. The molecule has 1 aromatic carbocycles. The van der Waals surface area contributed by atoms with Crippen LogP contribution < -0.4 is 5.32 Å². The van der Waals surface area contributed by atoms with Crippen LogP contribution in [-0.2, 0) is 13.1 Å². The molecule has 0 bridgehead atoms. The average molecular weight is 255 g/mol. The summed E-state index contributed by atoms with van der Waals surface area (Å²) in [6.45, 7) is 4.68. The molecule has 3 rings (SSSR count). The van der Waals surface area contributed by atoms with Gasteiger partial charge in [-0.15, -0.1) is 0 Å². The number of H-pyrrole nitrogens is 1. The van der Waals surface area contributed by atoms with Crippen molar-refractivity contribution in [3.63, 3.8) is 0 Å². The predicted octanol–water partition coefficient (Wildman–Crippen LogP) is 1.86. The zero-order chi connectivity index (χ0) is 13.1. The summed E-state index contributed by atoms with van der Waals surface area (Å²) in [5.74, 6) is 1.06. The number of imidazole rings is 2. The average Bonchev–Trinajstić information content (AvgIpc) is 3.02. The monoisotopic (exact) mass is 255 g/mol. The van der Waals surface area contributed by atoms with E-state index in [1.165, 1.54) is 5.52 Å². The van der Waals surface area contributed by atoms with Gasteiger partial charge in [0.05, 0.1) is 17.4 Å². The van der Waals surface area contributed by atoms with E-state index in [4.69, 9.17) is 0 Å². The minimum atomic E-state index is 0.811. The number of aromatic nitrogens is 4. The smallest absolute Gasteiger partial charge is 0.106 e. The topological polar surface area (TPSA) is 58.5 Å². The third-order valence-corrected chi connectivity index (χ3v) is 3.23. The van der Waals surface area contributed by atoms with Gasteiger partial charge < -0.3 is 14.9 Å². The summed E-state index contributed by atoms with van der Waals surface area (Å²) in [4.78, 5) is 11.6. The molecule has 2 heterocycles. The third kappa shape index (κ3) is 2.51. The van der Waals surface area contributed by atoms with Crippen LogP contribution >= 0.6 is 0 Å². The number of nitrogens with zero attached hydrogens (tertiary/aromatic N) is 3. The molecule has 5 heteroatoms. The van der Waals surface area contributed by atoms with E-state index in [1.807, 2.05) is 12.3 Å². The van der Waals surface area contributed by atoms with Crippen molar-refractivity contribution in [3.05, 3.63) is 48.3 Å². The van der Waals surface area contributed by atoms with Crippen LogP contribution in [0.5, 0.6) is 0 Å². The Balaban J connectivity index is 1.63. The molecular formula is C14H17N5. The molecule has 5 nitrogen and oxygen atoms in total. The zero-order valence-electron chi connectivity index (χ0n) is 10.9. The number of benzene rings is 1. The molecule has 0 amide bonds. The van der Waals surface area contributed by atoms with Crippen molar-refractivity contribution in [1.82, 2.24) is 24.8 Å². The predicted molar refractivity (Wildman–Crippen MR) is 74.8 cm³/mol. The molecule has 0 radical (unpaired) electrons. The van der Waals surface area contributed by atoms with Crippen LogP contribution in [0.4, 0.5) is 0 Å². The number of rotatable bonds is 5. The van der Waals surface area contributed by atoms with Gasteiger partial charge in [-0.25, -0.2) is 9.97 Å². The lowest BCUT2D eigenvalue weighted by Crippen LogP contribution is -2.20. The number of para-hydroxylation sites is 2. The molecular weight excluding hydrogens is 238 g/mol. The Labute approximate surface area is 111 Å². The summed E-state index contributed by atoms with van der Waals surface area (Å²) >= 11 is 0. The van der Waals surface area contributed by atoms with Crippen LogP contribution in [0.3, 0.4) is 0 Å². The molecule has 2 aromatic heterocycles. The Morgan fingerprint density at radius 2 is 2.21 bits per heavy atom. The van der Waals surface area contributed by atoms with E-state index in [0.717, 1.165) is 36.7 Å². The second kappa shape index (κ2) is 5.24. The van der Waals surface area contributed by atoms with Gasteiger partial charge in [-0.3, -0.25) is 0 Å².